The van der Waals surface area contributed by atoms with E-state index in [1.165, 1.54) is 12.3 Å². The van der Waals surface area contributed by atoms with Crippen molar-refractivity contribution in [1.29, 1.82) is 0 Å². The van der Waals surface area contributed by atoms with Crippen LogP contribution in [0.3, 0.4) is 0 Å². The van der Waals surface area contributed by atoms with Crippen molar-refractivity contribution in [1.82, 2.24) is 9.88 Å². The maximum atomic E-state index is 13.4. The van der Waals surface area contributed by atoms with Crippen LogP contribution in [0.4, 0.5) is 10.2 Å². The van der Waals surface area contributed by atoms with Gasteiger partial charge in [0.15, 0.2) is 0 Å². The Kier molecular flexibility index (Phi) is 6.48. The monoisotopic (exact) mass is 498 g/mol. The lowest BCUT2D eigenvalue weighted by Gasteiger charge is -2.34. The number of nitrogens with zero attached hydrogens (tertiary/aromatic N) is 5. The second-order valence-electron chi connectivity index (χ2n) is 8.84. The molecule has 2 amide bonds. The Morgan fingerprint density at radius 2 is 2.03 bits per heavy atom. The third kappa shape index (κ3) is 4.58. The van der Waals surface area contributed by atoms with Gasteiger partial charge in [-0.25, -0.2) is 9.37 Å². The Balaban J connectivity index is 1.45. The zero-order valence-electron chi connectivity index (χ0n) is 20.2. The number of quaternary nitrogens is 1. The molecule has 186 valence electrons. The predicted molar refractivity (Wildman–Crippen MR) is 137 cm³/mol. The fraction of sp³-hybridized carbons (Fsp3) is 0.222. The molecule has 5 rings (SSSR count). The Morgan fingerprint density at radius 1 is 1.22 bits per heavy atom. The van der Waals surface area contributed by atoms with E-state index in [2.05, 4.69) is 27.1 Å². The number of anilines is 1. The third-order valence-electron chi connectivity index (χ3n) is 6.50. The fourth-order valence-corrected chi connectivity index (χ4v) is 4.72. The normalized spacial score (nSPS) is 22.2. The third-order valence-corrected chi connectivity index (χ3v) is 6.50. The van der Waals surface area contributed by atoms with Gasteiger partial charge >= 0.3 is 0 Å². The number of halogens is 1. The first-order valence-corrected chi connectivity index (χ1v) is 11.9. The number of benzene rings is 1. The van der Waals surface area contributed by atoms with Crippen LogP contribution in [-0.2, 0) is 4.79 Å². The summed E-state index contributed by atoms with van der Waals surface area (Å²) in [7, 11) is 0. The van der Waals surface area contributed by atoms with Crippen LogP contribution < -0.4 is 11.2 Å². The molecule has 1 fully saturated rings. The first kappa shape index (κ1) is 24.2. The fourth-order valence-electron chi connectivity index (χ4n) is 4.72. The van der Waals surface area contributed by atoms with Gasteiger partial charge in [-0.3, -0.25) is 14.6 Å². The first-order chi connectivity index (χ1) is 17.9. The van der Waals surface area contributed by atoms with Gasteiger partial charge < -0.3 is 10.2 Å². The highest BCUT2D eigenvalue weighted by Crippen LogP contribution is 2.36. The molecule has 0 spiro atoms. The van der Waals surface area contributed by atoms with E-state index in [0.717, 1.165) is 25.3 Å². The molecule has 3 aliphatic heterocycles. The molecule has 2 unspecified atom stereocenters. The summed E-state index contributed by atoms with van der Waals surface area (Å²) in [5, 5.41) is 2.58. The molecule has 0 radical (unpaired) electrons. The van der Waals surface area contributed by atoms with E-state index in [1.54, 1.807) is 54.7 Å². The minimum absolute atomic E-state index is 0.122. The second-order valence-corrected chi connectivity index (χ2v) is 8.84. The lowest BCUT2D eigenvalue weighted by molar-refractivity contribution is -0.750. The van der Waals surface area contributed by atoms with Gasteiger partial charge in [-0.15, -0.1) is 4.59 Å². The maximum Gasteiger partial charge on any atom is 0.299 e. The number of allylic oxidation sites excluding steroid dienone is 1. The summed E-state index contributed by atoms with van der Waals surface area (Å²) in [5.41, 5.74) is 2.45. The summed E-state index contributed by atoms with van der Waals surface area (Å²) in [4.78, 5) is 40.3. The Labute approximate surface area is 213 Å². The van der Waals surface area contributed by atoms with E-state index >= 15 is 0 Å². The van der Waals surface area contributed by atoms with Gasteiger partial charge in [-0.05, 0) is 62.4 Å². The van der Waals surface area contributed by atoms with Crippen LogP contribution >= 0.6 is 0 Å². The number of piperidine rings is 1. The molecule has 0 aliphatic carbocycles. The second kappa shape index (κ2) is 9.89. The van der Waals surface area contributed by atoms with Gasteiger partial charge in [-0.1, -0.05) is 5.92 Å². The summed E-state index contributed by atoms with van der Waals surface area (Å²) >= 11 is 0. The largest absolute Gasteiger partial charge is 0.323 e. The van der Waals surface area contributed by atoms with Gasteiger partial charge in [0.05, 0.1) is 24.0 Å². The number of amides is 2. The molecule has 4 heterocycles. The smallest absolute Gasteiger partial charge is 0.299 e. The van der Waals surface area contributed by atoms with Crippen molar-refractivity contribution < 1.29 is 18.6 Å². The highest BCUT2D eigenvalue weighted by atomic mass is 19.1. The van der Waals surface area contributed by atoms with Crippen LogP contribution in [0.2, 0.25) is 0 Å². The van der Waals surface area contributed by atoms with Gasteiger partial charge in [0.1, 0.15) is 23.5 Å². The van der Waals surface area contributed by atoms with Crippen LogP contribution in [-0.4, -0.2) is 50.9 Å². The van der Waals surface area contributed by atoms with Crippen LogP contribution in [0.1, 0.15) is 42.1 Å². The van der Waals surface area contributed by atoms with E-state index in [-0.39, 0.29) is 22.4 Å². The number of pyridine rings is 1. The number of aromatic nitrogens is 1. The molecule has 1 saturated heterocycles. The molecule has 1 aromatic heterocycles. The van der Waals surface area contributed by atoms with Crippen molar-refractivity contribution in [2.24, 2.45) is 15.8 Å². The average Bonchev–Trinajstić information content (AvgIpc) is 3.21. The molecule has 2 aromatic rings. The van der Waals surface area contributed by atoms with Crippen molar-refractivity contribution >= 4 is 29.7 Å². The molecule has 1 aromatic carbocycles. The number of nitrogens with one attached hydrogen (secondary N) is 1. The number of nitrogens with two attached hydrogens (primary N) is 1. The summed E-state index contributed by atoms with van der Waals surface area (Å²) in [6.45, 7) is 2.24. The highest BCUT2D eigenvalue weighted by Gasteiger charge is 2.47. The number of hydrogen-bond acceptors (Lipinski definition) is 6. The molecule has 0 bridgehead atoms. The average molecular weight is 499 g/mol. The van der Waals surface area contributed by atoms with E-state index in [1.807, 2.05) is 0 Å². The quantitative estimate of drug-likeness (QED) is 0.383. The summed E-state index contributed by atoms with van der Waals surface area (Å²) in [6, 6.07) is 8.88. The lowest BCUT2D eigenvalue weighted by Crippen LogP contribution is -2.53. The lowest BCUT2D eigenvalue weighted by atomic mass is 9.98. The van der Waals surface area contributed by atoms with Gasteiger partial charge in [0.25, 0.3) is 17.6 Å². The molecule has 37 heavy (non-hydrogen) atoms. The van der Waals surface area contributed by atoms with Crippen LogP contribution in [0.25, 0.3) is 0 Å². The van der Waals surface area contributed by atoms with Crippen LogP contribution in [0.5, 0.6) is 0 Å². The standard InChI is InChI=1S/C27H24FN7O2/c1-2-5-24(36)34-14-4-3-6-21(34)25-22-17-30-13-15-35(22,29)26(33-25)18-7-9-19(10-8-18)27(37)32-23-16-20(28)11-12-31-23/h7-13,15-17,21H,3-4,6,14,29H2,1H3/p+1. The van der Waals surface area contributed by atoms with Crippen molar-refractivity contribution in [3.8, 4) is 11.8 Å². The number of carbonyl (C=O) groups excluding carboxylic acids is 2. The molecule has 3 N–H and O–H groups in total. The van der Waals surface area contributed by atoms with E-state index in [0.29, 0.717) is 34.9 Å². The zero-order chi connectivity index (χ0) is 26.0. The SMILES string of the molecule is CC#CC(=O)N1CCCCC1C1=C2C=NC=C[N+]2(N)C(c2ccc(C(=O)Nc3cc(F)ccn3)cc2)=N1. The van der Waals surface area contributed by atoms with Gasteiger partial charge in [0, 0.05) is 24.4 Å². The summed E-state index contributed by atoms with van der Waals surface area (Å²) in [5.74, 6) is 11.7. The zero-order valence-corrected chi connectivity index (χ0v) is 20.2. The minimum atomic E-state index is -0.492. The maximum absolute atomic E-state index is 13.4. The van der Waals surface area contributed by atoms with Crippen molar-refractivity contribution in [3.63, 3.8) is 0 Å². The van der Waals surface area contributed by atoms with Gasteiger partial charge in [0.2, 0.25) is 5.70 Å². The number of hydrogen-bond donors (Lipinski definition) is 2. The number of fused-ring (bicyclic) bond motifs is 1. The van der Waals surface area contributed by atoms with E-state index in [9.17, 15) is 14.0 Å². The van der Waals surface area contributed by atoms with Crippen molar-refractivity contribution in [3.05, 3.63) is 83.3 Å². The number of amidine groups is 1. The topological polar surface area (TPSA) is 113 Å². The molecule has 10 heteroatoms. The number of aliphatic imine (C=N–C) groups is 2. The van der Waals surface area contributed by atoms with E-state index < -0.39 is 11.7 Å². The molecule has 3 aliphatic rings. The Morgan fingerprint density at radius 3 is 2.78 bits per heavy atom. The number of likely N-dealkylation sites (tertiary alicyclic amines) is 1. The molecule has 9 nitrogen and oxygen atoms in total. The van der Waals surface area contributed by atoms with Crippen molar-refractivity contribution in [2.75, 3.05) is 11.9 Å². The molecule has 2 atom stereocenters. The van der Waals surface area contributed by atoms with Crippen LogP contribution in [0, 0.1) is 17.7 Å². The highest BCUT2D eigenvalue weighted by molar-refractivity contribution is 6.05. The van der Waals surface area contributed by atoms with Crippen LogP contribution in [0.15, 0.2) is 76.4 Å². The molecule has 0 saturated carbocycles. The summed E-state index contributed by atoms with van der Waals surface area (Å²) in [6.07, 6.45) is 8.92. The molecular formula is C27H25FN7O2+. The number of rotatable bonds is 4. The summed E-state index contributed by atoms with van der Waals surface area (Å²) < 4.78 is 13.2. The minimum Gasteiger partial charge on any atom is -0.323 e. The Hall–Kier alpha value is -4.46. The number of carbonyl (C=O) groups is 2. The first-order valence-electron chi connectivity index (χ1n) is 11.9. The van der Waals surface area contributed by atoms with Gasteiger partial charge in [-0.2, -0.15) is 10.8 Å². The van der Waals surface area contributed by atoms with Crippen molar-refractivity contribution in [2.45, 2.75) is 32.2 Å². The Bertz CT molecular complexity index is 1450. The molecular weight excluding hydrogens is 473 g/mol. The predicted octanol–water partition coefficient (Wildman–Crippen LogP) is 3.10. The van der Waals surface area contributed by atoms with E-state index in [4.69, 9.17) is 10.8 Å².